The number of anilines is 2. The Morgan fingerprint density at radius 3 is 2.35 bits per heavy atom. The molecule has 0 N–H and O–H groups in total. The van der Waals surface area contributed by atoms with Gasteiger partial charge in [0.05, 0.1) is 10.6 Å². The Labute approximate surface area is 116 Å². The first-order valence-electron chi connectivity index (χ1n) is 6.09. The maximum atomic E-state index is 11.7. The zero-order chi connectivity index (χ0) is 14.7. The molecule has 2 aromatic rings. The first-order valence-corrected chi connectivity index (χ1v) is 6.09. The van der Waals surface area contributed by atoms with Gasteiger partial charge in [0.2, 0.25) is 0 Å². The van der Waals surface area contributed by atoms with Gasteiger partial charge in [-0.2, -0.15) is 0 Å². The number of ketones is 1. The summed E-state index contributed by atoms with van der Waals surface area (Å²) in [4.78, 5) is 23.9. The predicted molar refractivity (Wildman–Crippen MR) is 77.6 cm³/mol. The Morgan fingerprint density at radius 1 is 1.15 bits per heavy atom. The van der Waals surface area contributed by atoms with E-state index < -0.39 is 4.92 Å². The number of carbonyl (C=O) groups is 1. The van der Waals surface area contributed by atoms with Gasteiger partial charge in [0.15, 0.2) is 5.78 Å². The first kappa shape index (κ1) is 13.7. The summed E-state index contributed by atoms with van der Waals surface area (Å²) in [5.41, 5.74) is 1.81. The third-order valence-corrected chi connectivity index (χ3v) is 3.08. The second-order valence-corrected chi connectivity index (χ2v) is 4.41. The van der Waals surface area contributed by atoms with E-state index in [9.17, 15) is 14.9 Å². The van der Waals surface area contributed by atoms with Crippen molar-refractivity contribution in [1.29, 1.82) is 0 Å². The van der Waals surface area contributed by atoms with Crippen molar-refractivity contribution in [3.63, 3.8) is 0 Å². The summed E-state index contributed by atoms with van der Waals surface area (Å²) >= 11 is 0. The molecule has 0 aromatic heterocycles. The summed E-state index contributed by atoms with van der Waals surface area (Å²) in [5.74, 6) is -0.202. The van der Waals surface area contributed by atoms with Crippen LogP contribution < -0.4 is 4.90 Å². The third-order valence-electron chi connectivity index (χ3n) is 3.08. The number of nitro benzene ring substituents is 1. The SMILES string of the molecule is CC(=O)c1cc([N+](=O)[O-])ccc1N(C)c1ccccc1. The van der Waals surface area contributed by atoms with Crippen molar-refractivity contribution in [2.75, 3.05) is 11.9 Å². The van der Waals surface area contributed by atoms with Crippen LogP contribution in [-0.2, 0) is 0 Å². The quantitative estimate of drug-likeness (QED) is 0.484. The molecule has 102 valence electrons. The van der Waals surface area contributed by atoms with Crippen molar-refractivity contribution in [1.82, 2.24) is 0 Å². The van der Waals surface area contributed by atoms with Gasteiger partial charge in [-0.1, -0.05) is 18.2 Å². The lowest BCUT2D eigenvalue weighted by molar-refractivity contribution is -0.384. The van der Waals surface area contributed by atoms with Crippen molar-refractivity contribution < 1.29 is 9.72 Å². The van der Waals surface area contributed by atoms with Crippen LogP contribution in [0.1, 0.15) is 17.3 Å². The Hall–Kier alpha value is -2.69. The number of carbonyl (C=O) groups excluding carboxylic acids is 1. The van der Waals surface area contributed by atoms with E-state index >= 15 is 0 Å². The molecule has 0 bridgehead atoms. The van der Waals surface area contributed by atoms with E-state index in [0.717, 1.165) is 5.69 Å². The molecule has 0 aliphatic carbocycles. The molecule has 0 unspecified atom stereocenters. The zero-order valence-corrected chi connectivity index (χ0v) is 11.2. The number of hydrogen-bond donors (Lipinski definition) is 0. The molecule has 2 rings (SSSR count). The number of nitrogens with zero attached hydrogens (tertiary/aromatic N) is 2. The van der Waals surface area contributed by atoms with Crippen molar-refractivity contribution in [3.8, 4) is 0 Å². The van der Waals surface area contributed by atoms with Gasteiger partial charge in [-0.3, -0.25) is 14.9 Å². The fraction of sp³-hybridized carbons (Fsp3) is 0.133. The van der Waals surface area contributed by atoms with Gasteiger partial charge in [0.25, 0.3) is 5.69 Å². The highest BCUT2D eigenvalue weighted by Gasteiger charge is 2.17. The van der Waals surface area contributed by atoms with Crippen LogP contribution in [0.3, 0.4) is 0 Å². The van der Waals surface area contributed by atoms with Crippen LogP contribution in [0, 0.1) is 10.1 Å². The second kappa shape index (κ2) is 5.52. The topological polar surface area (TPSA) is 63.4 Å². The molecule has 20 heavy (non-hydrogen) atoms. The number of rotatable bonds is 4. The maximum absolute atomic E-state index is 11.7. The molecular formula is C15H14N2O3. The average molecular weight is 270 g/mol. The summed E-state index contributed by atoms with van der Waals surface area (Å²) in [6, 6.07) is 13.8. The van der Waals surface area contributed by atoms with Crippen molar-refractivity contribution >= 4 is 22.8 Å². The number of non-ortho nitro benzene ring substituents is 1. The molecule has 0 radical (unpaired) electrons. The van der Waals surface area contributed by atoms with E-state index in [1.165, 1.54) is 19.1 Å². The Bertz CT molecular complexity index is 653. The van der Waals surface area contributed by atoms with Gasteiger partial charge < -0.3 is 4.90 Å². The molecular weight excluding hydrogens is 256 g/mol. The molecule has 0 fully saturated rings. The Kier molecular flexibility index (Phi) is 3.79. The van der Waals surface area contributed by atoms with E-state index in [0.29, 0.717) is 11.3 Å². The number of benzene rings is 2. The van der Waals surface area contributed by atoms with Crippen molar-refractivity contribution in [2.45, 2.75) is 6.92 Å². The molecule has 0 spiro atoms. The Balaban J connectivity index is 2.51. The molecule has 0 saturated heterocycles. The van der Waals surface area contributed by atoms with Gasteiger partial charge in [-0.15, -0.1) is 0 Å². The summed E-state index contributed by atoms with van der Waals surface area (Å²) in [6.45, 7) is 1.40. The zero-order valence-electron chi connectivity index (χ0n) is 11.2. The predicted octanol–water partition coefficient (Wildman–Crippen LogP) is 3.57. The Morgan fingerprint density at radius 2 is 1.80 bits per heavy atom. The molecule has 0 aliphatic rings. The van der Waals surface area contributed by atoms with Gasteiger partial charge in [-0.25, -0.2) is 0 Å². The summed E-state index contributed by atoms with van der Waals surface area (Å²) in [5, 5.41) is 10.8. The highest BCUT2D eigenvalue weighted by molar-refractivity contribution is 6.01. The number of nitro groups is 1. The van der Waals surface area contributed by atoms with Crippen molar-refractivity contribution in [2.24, 2.45) is 0 Å². The minimum Gasteiger partial charge on any atom is -0.344 e. The van der Waals surface area contributed by atoms with Gasteiger partial charge in [0.1, 0.15) is 0 Å². The molecule has 0 saturated carbocycles. The van der Waals surface area contributed by atoms with Crippen LogP contribution in [0.25, 0.3) is 0 Å². The number of para-hydroxylation sites is 1. The normalized spacial score (nSPS) is 10.1. The van der Waals surface area contributed by atoms with E-state index in [1.807, 2.05) is 42.3 Å². The van der Waals surface area contributed by atoms with Gasteiger partial charge in [-0.05, 0) is 25.1 Å². The lowest BCUT2D eigenvalue weighted by atomic mass is 10.1. The average Bonchev–Trinajstić information content (AvgIpc) is 2.46. The van der Waals surface area contributed by atoms with E-state index in [2.05, 4.69) is 0 Å². The lowest BCUT2D eigenvalue weighted by Gasteiger charge is -2.21. The molecule has 5 heteroatoms. The monoisotopic (exact) mass is 270 g/mol. The highest BCUT2D eigenvalue weighted by Crippen LogP contribution is 2.30. The van der Waals surface area contributed by atoms with Crippen LogP contribution in [0.4, 0.5) is 17.1 Å². The highest BCUT2D eigenvalue weighted by atomic mass is 16.6. The smallest absolute Gasteiger partial charge is 0.270 e. The lowest BCUT2D eigenvalue weighted by Crippen LogP contribution is -2.13. The van der Waals surface area contributed by atoms with Crippen LogP contribution >= 0.6 is 0 Å². The van der Waals surface area contributed by atoms with Gasteiger partial charge >= 0.3 is 0 Å². The fourth-order valence-electron chi connectivity index (χ4n) is 2.00. The largest absolute Gasteiger partial charge is 0.344 e. The molecule has 0 amide bonds. The van der Waals surface area contributed by atoms with Crippen LogP contribution in [0.5, 0.6) is 0 Å². The fourth-order valence-corrected chi connectivity index (χ4v) is 2.00. The van der Waals surface area contributed by atoms with E-state index in [-0.39, 0.29) is 11.5 Å². The van der Waals surface area contributed by atoms with Crippen LogP contribution in [0.15, 0.2) is 48.5 Å². The summed E-state index contributed by atoms with van der Waals surface area (Å²) in [6.07, 6.45) is 0. The van der Waals surface area contributed by atoms with Crippen molar-refractivity contribution in [3.05, 3.63) is 64.2 Å². The number of Topliss-reactive ketones (excluding diaryl/α,β-unsaturated/α-hetero) is 1. The van der Waals surface area contributed by atoms with Crippen LogP contribution in [0.2, 0.25) is 0 Å². The minimum atomic E-state index is -0.501. The summed E-state index contributed by atoms with van der Waals surface area (Å²) in [7, 11) is 1.82. The minimum absolute atomic E-state index is 0.0830. The molecule has 0 heterocycles. The summed E-state index contributed by atoms with van der Waals surface area (Å²) < 4.78 is 0. The maximum Gasteiger partial charge on any atom is 0.270 e. The van der Waals surface area contributed by atoms with Crippen LogP contribution in [-0.4, -0.2) is 17.8 Å². The first-order chi connectivity index (χ1) is 9.50. The molecule has 0 atom stereocenters. The molecule has 0 aliphatic heterocycles. The molecule has 5 nitrogen and oxygen atoms in total. The molecule has 2 aromatic carbocycles. The third kappa shape index (κ3) is 2.66. The van der Waals surface area contributed by atoms with Gasteiger partial charge in [0, 0.05) is 30.4 Å². The standard InChI is InChI=1S/C15H14N2O3/c1-11(18)14-10-13(17(19)20)8-9-15(14)16(2)12-6-4-3-5-7-12/h3-10H,1-2H3. The van der Waals surface area contributed by atoms with E-state index in [4.69, 9.17) is 0 Å². The number of hydrogen-bond acceptors (Lipinski definition) is 4. The second-order valence-electron chi connectivity index (χ2n) is 4.41. The van der Waals surface area contributed by atoms with E-state index in [1.54, 1.807) is 6.07 Å².